The third kappa shape index (κ3) is 3.91. The largest absolute Gasteiger partial charge is 0.260 e. The van der Waals surface area contributed by atoms with Crippen LogP contribution in [0.5, 0.6) is 0 Å². The minimum Gasteiger partial charge on any atom is -0.260 e. The van der Waals surface area contributed by atoms with Crippen molar-refractivity contribution in [3.63, 3.8) is 0 Å². The molecule has 0 bridgehead atoms. The van der Waals surface area contributed by atoms with Gasteiger partial charge in [0, 0.05) is 17.5 Å². The first-order chi connectivity index (χ1) is 5.97. The van der Waals surface area contributed by atoms with Crippen LogP contribution in [0.2, 0.25) is 19.6 Å². The Morgan fingerprint density at radius 1 is 1.23 bits per heavy atom. The van der Waals surface area contributed by atoms with E-state index in [4.69, 9.17) is 0 Å². The monoisotopic (exact) mass is 189 g/mol. The summed E-state index contributed by atoms with van der Waals surface area (Å²) in [5.41, 5.74) is 5.37. The van der Waals surface area contributed by atoms with Crippen molar-refractivity contribution in [2.24, 2.45) is 0 Å². The molecule has 1 rings (SSSR count). The Hall–Kier alpha value is -1.07. The van der Waals surface area contributed by atoms with Crippen LogP contribution in [0.4, 0.5) is 0 Å². The van der Waals surface area contributed by atoms with E-state index in [-0.39, 0.29) is 0 Å². The molecule has 1 aromatic heterocycles. The fourth-order valence-corrected chi connectivity index (χ4v) is 1.32. The number of aryl methyl sites for hydroxylation is 1. The highest BCUT2D eigenvalue weighted by Crippen LogP contribution is 2.00. The minimum atomic E-state index is -1.24. The van der Waals surface area contributed by atoms with Gasteiger partial charge in [-0.1, -0.05) is 25.6 Å². The molecule has 0 aliphatic heterocycles. The Kier molecular flexibility index (Phi) is 2.89. The highest BCUT2D eigenvalue weighted by molar-refractivity contribution is 6.83. The number of aromatic nitrogens is 1. The molecule has 0 aromatic carbocycles. The van der Waals surface area contributed by atoms with E-state index in [0.29, 0.717) is 0 Å². The predicted octanol–water partition coefficient (Wildman–Crippen LogP) is 2.62. The second-order valence-corrected chi connectivity index (χ2v) is 8.94. The van der Waals surface area contributed by atoms with E-state index in [9.17, 15) is 0 Å². The fourth-order valence-electron chi connectivity index (χ4n) is 0.801. The quantitative estimate of drug-likeness (QED) is 0.451. The molecule has 0 spiro atoms. The van der Waals surface area contributed by atoms with Crippen LogP contribution < -0.4 is 0 Å². The van der Waals surface area contributed by atoms with Gasteiger partial charge in [0.1, 0.15) is 8.07 Å². The molecule has 1 aromatic rings. The smallest absolute Gasteiger partial charge is 0.129 e. The number of hydrogen-bond acceptors (Lipinski definition) is 1. The first-order valence-electron chi connectivity index (χ1n) is 4.43. The highest BCUT2D eigenvalue weighted by Gasteiger charge is 2.07. The summed E-state index contributed by atoms with van der Waals surface area (Å²) >= 11 is 0. The lowest BCUT2D eigenvalue weighted by molar-refractivity contribution is 1.19. The van der Waals surface area contributed by atoms with Crippen molar-refractivity contribution in [2.45, 2.75) is 26.6 Å². The molecule has 13 heavy (non-hydrogen) atoms. The summed E-state index contributed by atoms with van der Waals surface area (Å²) in [5.74, 6) is 3.16. The van der Waals surface area contributed by atoms with Gasteiger partial charge >= 0.3 is 0 Å². The molecule has 0 radical (unpaired) electrons. The maximum absolute atomic E-state index is 4.19. The second-order valence-electron chi connectivity index (χ2n) is 4.19. The predicted molar refractivity (Wildman–Crippen MR) is 59.2 cm³/mol. The van der Waals surface area contributed by atoms with Crippen LogP contribution >= 0.6 is 0 Å². The highest BCUT2D eigenvalue weighted by atomic mass is 28.3. The van der Waals surface area contributed by atoms with Gasteiger partial charge < -0.3 is 0 Å². The number of hydrogen-bond donors (Lipinski definition) is 0. The zero-order valence-corrected chi connectivity index (χ0v) is 9.68. The molecule has 0 fully saturated rings. The van der Waals surface area contributed by atoms with Gasteiger partial charge in [-0.25, -0.2) is 0 Å². The lowest BCUT2D eigenvalue weighted by Crippen LogP contribution is -2.16. The summed E-state index contributed by atoms with van der Waals surface area (Å²) in [5, 5.41) is 0. The summed E-state index contributed by atoms with van der Waals surface area (Å²) in [7, 11) is -1.24. The first kappa shape index (κ1) is 10.0. The van der Waals surface area contributed by atoms with E-state index >= 15 is 0 Å². The van der Waals surface area contributed by atoms with Gasteiger partial charge in [-0.2, -0.15) is 0 Å². The van der Waals surface area contributed by atoms with Gasteiger partial charge in [-0.15, -0.1) is 5.54 Å². The van der Waals surface area contributed by atoms with E-state index in [1.807, 2.05) is 25.3 Å². The van der Waals surface area contributed by atoms with Crippen LogP contribution in [0.15, 0.2) is 18.3 Å². The summed E-state index contributed by atoms with van der Waals surface area (Å²) in [6, 6.07) is 4.02. The third-order valence-corrected chi connectivity index (χ3v) is 2.37. The van der Waals surface area contributed by atoms with Crippen LogP contribution in [0, 0.1) is 18.4 Å². The van der Waals surface area contributed by atoms with Crippen molar-refractivity contribution in [3.05, 3.63) is 29.6 Å². The van der Waals surface area contributed by atoms with E-state index in [2.05, 4.69) is 36.1 Å². The Morgan fingerprint density at radius 3 is 2.38 bits per heavy atom. The van der Waals surface area contributed by atoms with Gasteiger partial charge in [0.15, 0.2) is 0 Å². The molecule has 0 atom stereocenters. The summed E-state index contributed by atoms with van der Waals surface area (Å²) in [4.78, 5) is 4.19. The second kappa shape index (κ2) is 3.76. The number of rotatable bonds is 0. The fraction of sp³-hybridized carbons (Fsp3) is 0.364. The van der Waals surface area contributed by atoms with Crippen molar-refractivity contribution >= 4 is 8.07 Å². The molecule has 0 saturated carbocycles. The van der Waals surface area contributed by atoms with Crippen LogP contribution in [0.3, 0.4) is 0 Å². The Labute approximate surface area is 81.2 Å². The average molecular weight is 189 g/mol. The summed E-state index contributed by atoms with van der Waals surface area (Å²) in [6.07, 6.45) is 1.84. The Balaban J connectivity index is 2.85. The molecule has 68 valence electrons. The zero-order chi connectivity index (χ0) is 9.90. The summed E-state index contributed by atoms with van der Waals surface area (Å²) in [6.45, 7) is 8.70. The van der Waals surface area contributed by atoms with Crippen molar-refractivity contribution < 1.29 is 0 Å². The topological polar surface area (TPSA) is 12.9 Å². The van der Waals surface area contributed by atoms with E-state index in [1.165, 1.54) is 0 Å². The standard InChI is InChI=1S/C11H15NSi/c1-10-5-6-11(9-12-10)7-8-13(2,3)4/h5-6,9H,1-4H3. The number of nitrogens with zero attached hydrogens (tertiary/aromatic N) is 1. The SMILES string of the molecule is Cc1ccc(C#C[Si](C)(C)C)cn1. The van der Waals surface area contributed by atoms with Crippen LogP contribution in [0.25, 0.3) is 0 Å². The van der Waals surface area contributed by atoms with Gasteiger partial charge in [-0.3, -0.25) is 4.98 Å². The Morgan fingerprint density at radius 2 is 1.92 bits per heavy atom. The van der Waals surface area contributed by atoms with Crippen molar-refractivity contribution in [1.29, 1.82) is 0 Å². The normalized spacial score (nSPS) is 10.5. The van der Waals surface area contributed by atoms with Crippen LogP contribution in [-0.2, 0) is 0 Å². The van der Waals surface area contributed by atoms with Crippen molar-refractivity contribution in [2.75, 3.05) is 0 Å². The van der Waals surface area contributed by atoms with Crippen LogP contribution in [0.1, 0.15) is 11.3 Å². The first-order valence-corrected chi connectivity index (χ1v) is 7.93. The van der Waals surface area contributed by atoms with Crippen LogP contribution in [-0.4, -0.2) is 13.1 Å². The van der Waals surface area contributed by atoms with E-state index in [0.717, 1.165) is 11.3 Å². The van der Waals surface area contributed by atoms with Crippen molar-refractivity contribution in [3.8, 4) is 11.5 Å². The van der Waals surface area contributed by atoms with Gasteiger partial charge in [0.05, 0.1) is 0 Å². The molecule has 0 aliphatic carbocycles. The molecule has 0 N–H and O–H groups in total. The molecule has 0 amide bonds. The maximum Gasteiger partial charge on any atom is 0.129 e. The lowest BCUT2D eigenvalue weighted by Gasteiger charge is -2.03. The van der Waals surface area contributed by atoms with Gasteiger partial charge in [-0.05, 0) is 19.1 Å². The molecule has 1 nitrogen and oxygen atoms in total. The van der Waals surface area contributed by atoms with E-state index in [1.54, 1.807) is 0 Å². The lowest BCUT2D eigenvalue weighted by atomic mass is 10.3. The number of pyridine rings is 1. The molecule has 0 unspecified atom stereocenters. The molecular formula is C11H15NSi. The Bertz CT molecular complexity index is 335. The molecule has 1 heterocycles. The zero-order valence-electron chi connectivity index (χ0n) is 8.68. The minimum absolute atomic E-state index is 1.02. The van der Waals surface area contributed by atoms with Gasteiger partial charge in [0.25, 0.3) is 0 Å². The van der Waals surface area contributed by atoms with Gasteiger partial charge in [0.2, 0.25) is 0 Å². The van der Waals surface area contributed by atoms with E-state index < -0.39 is 8.07 Å². The molecular weight excluding hydrogens is 174 g/mol. The molecule has 0 aliphatic rings. The maximum atomic E-state index is 4.19. The summed E-state index contributed by atoms with van der Waals surface area (Å²) < 4.78 is 0. The molecule has 0 saturated heterocycles. The third-order valence-electron chi connectivity index (χ3n) is 1.49. The molecule has 2 heteroatoms. The average Bonchev–Trinajstić information content (AvgIpc) is 2.02. The van der Waals surface area contributed by atoms with Crippen molar-refractivity contribution in [1.82, 2.24) is 4.98 Å².